The molecule has 2 rings (SSSR count). The lowest BCUT2D eigenvalue weighted by Crippen LogP contribution is -2.40. The molecular weight excluding hydrogens is 260 g/mol. The maximum Gasteiger partial charge on any atom is 0.193 e. The molecule has 4 heteroatoms. The number of hydrogen-bond acceptors (Lipinski definition) is 2. The molecule has 1 atom stereocenters. The van der Waals surface area contributed by atoms with Crippen LogP contribution in [-0.4, -0.2) is 36.0 Å². The van der Waals surface area contributed by atoms with Crippen molar-refractivity contribution in [2.75, 3.05) is 20.1 Å². The van der Waals surface area contributed by atoms with Crippen LogP contribution in [0, 0.1) is 11.8 Å². The van der Waals surface area contributed by atoms with Crippen molar-refractivity contribution in [1.29, 1.82) is 0 Å². The highest BCUT2D eigenvalue weighted by molar-refractivity contribution is 5.80. The Labute approximate surface area is 128 Å². The average molecular weight is 288 g/mol. The van der Waals surface area contributed by atoms with Gasteiger partial charge in [-0.1, -0.05) is 32.8 Å². The minimum Gasteiger partial charge on any atom is -0.351 e. The molecule has 1 aliphatic heterocycles. The van der Waals surface area contributed by atoms with Crippen LogP contribution in [0.5, 0.6) is 0 Å². The molecule has 2 heterocycles. The fourth-order valence-corrected chi connectivity index (χ4v) is 3.32. The fourth-order valence-electron chi connectivity index (χ4n) is 3.32. The van der Waals surface area contributed by atoms with Crippen molar-refractivity contribution in [2.45, 2.75) is 39.7 Å². The van der Waals surface area contributed by atoms with Crippen molar-refractivity contribution in [1.82, 2.24) is 15.2 Å². The first kappa shape index (κ1) is 15.8. The summed E-state index contributed by atoms with van der Waals surface area (Å²) in [4.78, 5) is 11.2. The molecule has 0 bridgehead atoms. The zero-order valence-corrected chi connectivity index (χ0v) is 13.5. The fraction of sp³-hybridized carbons (Fsp3) is 0.647. The Morgan fingerprint density at radius 1 is 1.43 bits per heavy atom. The van der Waals surface area contributed by atoms with Gasteiger partial charge in [-0.25, -0.2) is 0 Å². The number of hydrogen-bond donors (Lipinski definition) is 1. The zero-order chi connectivity index (χ0) is 15.1. The van der Waals surface area contributed by atoms with Gasteiger partial charge in [0.1, 0.15) is 0 Å². The molecule has 1 fully saturated rings. The van der Waals surface area contributed by atoms with Crippen LogP contribution in [0.25, 0.3) is 0 Å². The Kier molecular flexibility index (Phi) is 6.03. The molecule has 1 aliphatic rings. The van der Waals surface area contributed by atoms with Crippen molar-refractivity contribution in [3.63, 3.8) is 0 Å². The van der Waals surface area contributed by atoms with E-state index in [1.54, 1.807) is 0 Å². The van der Waals surface area contributed by atoms with Crippen molar-refractivity contribution in [2.24, 2.45) is 16.8 Å². The third kappa shape index (κ3) is 4.19. The first-order chi connectivity index (χ1) is 10.3. The van der Waals surface area contributed by atoms with Crippen LogP contribution >= 0.6 is 0 Å². The molecule has 0 aromatic carbocycles. The van der Waals surface area contributed by atoms with Gasteiger partial charge in [0.25, 0.3) is 0 Å². The van der Waals surface area contributed by atoms with Crippen LogP contribution in [0.15, 0.2) is 29.4 Å². The predicted molar refractivity (Wildman–Crippen MR) is 88.2 cm³/mol. The number of aliphatic imine (C=N–C) groups is 1. The van der Waals surface area contributed by atoms with Crippen LogP contribution in [0.3, 0.4) is 0 Å². The molecule has 0 aliphatic carbocycles. The van der Waals surface area contributed by atoms with Gasteiger partial charge < -0.3 is 10.2 Å². The maximum atomic E-state index is 4.43. The van der Waals surface area contributed by atoms with Crippen molar-refractivity contribution in [3.8, 4) is 0 Å². The number of nitrogens with zero attached hydrogens (tertiary/aromatic N) is 3. The first-order valence-corrected chi connectivity index (χ1v) is 8.14. The largest absolute Gasteiger partial charge is 0.351 e. The molecule has 1 aromatic heterocycles. The average Bonchev–Trinajstić information content (AvgIpc) is 3.00. The summed E-state index contributed by atoms with van der Waals surface area (Å²) in [6.07, 6.45) is 5.69. The van der Waals surface area contributed by atoms with Crippen molar-refractivity contribution in [3.05, 3.63) is 30.1 Å². The van der Waals surface area contributed by atoms with Gasteiger partial charge >= 0.3 is 0 Å². The zero-order valence-electron chi connectivity index (χ0n) is 13.5. The molecule has 1 aromatic rings. The third-order valence-corrected chi connectivity index (χ3v) is 4.61. The Bertz CT molecular complexity index is 439. The molecule has 1 N–H and O–H groups in total. The van der Waals surface area contributed by atoms with E-state index in [0.29, 0.717) is 0 Å². The molecule has 0 radical (unpaired) electrons. The molecule has 1 saturated heterocycles. The topological polar surface area (TPSA) is 40.5 Å². The van der Waals surface area contributed by atoms with Crippen LogP contribution in [0.2, 0.25) is 0 Å². The van der Waals surface area contributed by atoms with E-state index in [1.165, 1.54) is 19.3 Å². The van der Waals surface area contributed by atoms with Crippen molar-refractivity contribution >= 4 is 5.96 Å². The number of nitrogens with one attached hydrogen (secondary N) is 1. The summed E-state index contributed by atoms with van der Waals surface area (Å²) in [5.41, 5.74) is 1.05. The molecule has 116 valence electrons. The summed E-state index contributed by atoms with van der Waals surface area (Å²) in [6.45, 7) is 7.60. The van der Waals surface area contributed by atoms with Gasteiger partial charge in [-0.15, -0.1) is 0 Å². The quantitative estimate of drug-likeness (QED) is 0.669. The van der Waals surface area contributed by atoms with E-state index in [0.717, 1.165) is 43.1 Å². The second-order valence-corrected chi connectivity index (χ2v) is 5.79. The highest BCUT2D eigenvalue weighted by Gasteiger charge is 2.29. The van der Waals surface area contributed by atoms with E-state index < -0.39 is 0 Å². The Morgan fingerprint density at radius 2 is 2.24 bits per heavy atom. The van der Waals surface area contributed by atoms with Crippen LogP contribution in [0.4, 0.5) is 0 Å². The van der Waals surface area contributed by atoms with E-state index in [-0.39, 0.29) is 0 Å². The van der Waals surface area contributed by atoms with Gasteiger partial charge in [0, 0.05) is 26.3 Å². The van der Waals surface area contributed by atoms with E-state index in [4.69, 9.17) is 0 Å². The van der Waals surface area contributed by atoms with E-state index >= 15 is 0 Å². The van der Waals surface area contributed by atoms with Gasteiger partial charge in [0.15, 0.2) is 5.96 Å². The standard InChI is InChI=1S/C17H28N4/c1-4-14(5-2)15-9-11-21(13-15)17(18-3)20-12-16-8-6-7-10-19-16/h6-8,10,14-15H,4-5,9,11-13H2,1-3H3,(H,18,20). The van der Waals surface area contributed by atoms with E-state index in [2.05, 4.69) is 34.0 Å². The number of likely N-dealkylation sites (tertiary alicyclic amines) is 1. The maximum absolute atomic E-state index is 4.43. The highest BCUT2D eigenvalue weighted by Crippen LogP contribution is 2.28. The van der Waals surface area contributed by atoms with Gasteiger partial charge in [-0.2, -0.15) is 0 Å². The molecular formula is C17H28N4. The SMILES string of the molecule is CCC(CC)C1CCN(C(=NC)NCc2ccccn2)C1. The van der Waals surface area contributed by atoms with Gasteiger partial charge in [0.05, 0.1) is 12.2 Å². The molecule has 0 saturated carbocycles. The second-order valence-electron chi connectivity index (χ2n) is 5.79. The first-order valence-electron chi connectivity index (χ1n) is 8.14. The van der Waals surface area contributed by atoms with Gasteiger partial charge in [0.2, 0.25) is 0 Å². The molecule has 21 heavy (non-hydrogen) atoms. The lowest BCUT2D eigenvalue weighted by molar-refractivity contribution is 0.319. The van der Waals surface area contributed by atoms with Gasteiger partial charge in [-0.3, -0.25) is 9.98 Å². The lowest BCUT2D eigenvalue weighted by atomic mass is 9.87. The second kappa shape index (κ2) is 8.01. The van der Waals surface area contributed by atoms with Gasteiger partial charge in [-0.05, 0) is 30.4 Å². The summed E-state index contributed by atoms with van der Waals surface area (Å²) >= 11 is 0. The number of aromatic nitrogens is 1. The summed E-state index contributed by atoms with van der Waals surface area (Å²) in [6, 6.07) is 6.00. The minimum atomic E-state index is 0.736. The monoisotopic (exact) mass is 288 g/mol. The summed E-state index contributed by atoms with van der Waals surface area (Å²) in [5, 5.41) is 3.44. The summed E-state index contributed by atoms with van der Waals surface area (Å²) < 4.78 is 0. The number of pyridine rings is 1. The smallest absolute Gasteiger partial charge is 0.193 e. The molecule has 0 amide bonds. The highest BCUT2D eigenvalue weighted by atomic mass is 15.3. The lowest BCUT2D eigenvalue weighted by Gasteiger charge is -2.24. The van der Waals surface area contributed by atoms with Crippen LogP contribution in [-0.2, 0) is 6.54 Å². The molecule has 1 unspecified atom stereocenters. The van der Waals surface area contributed by atoms with Crippen molar-refractivity contribution < 1.29 is 0 Å². The normalized spacial score (nSPS) is 19.3. The Balaban J connectivity index is 1.88. The molecule has 4 nitrogen and oxygen atoms in total. The summed E-state index contributed by atoms with van der Waals surface area (Å²) in [7, 11) is 1.87. The Morgan fingerprint density at radius 3 is 2.86 bits per heavy atom. The van der Waals surface area contributed by atoms with E-state index in [1.807, 2.05) is 31.4 Å². The third-order valence-electron chi connectivity index (χ3n) is 4.61. The van der Waals surface area contributed by atoms with Crippen LogP contribution < -0.4 is 5.32 Å². The van der Waals surface area contributed by atoms with Crippen LogP contribution in [0.1, 0.15) is 38.8 Å². The summed E-state index contributed by atoms with van der Waals surface area (Å²) in [5.74, 6) is 2.67. The Hall–Kier alpha value is -1.58. The molecule has 0 spiro atoms. The predicted octanol–water partition coefficient (Wildman–Crippen LogP) is 2.92. The van der Waals surface area contributed by atoms with E-state index in [9.17, 15) is 0 Å². The minimum absolute atomic E-state index is 0.736. The number of guanidine groups is 1. The number of rotatable bonds is 5.